The third-order valence-corrected chi connectivity index (χ3v) is 3.21. The molecule has 2 rings (SSSR count). The predicted molar refractivity (Wildman–Crippen MR) is 68.9 cm³/mol. The zero-order valence-corrected chi connectivity index (χ0v) is 10.5. The van der Waals surface area contributed by atoms with Gasteiger partial charge in [0.1, 0.15) is 17.6 Å². The lowest BCUT2D eigenvalue weighted by atomic mass is 10.0. The van der Waals surface area contributed by atoms with Crippen LogP contribution in [0, 0.1) is 13.8 Å². The van der Waals surface area contributed by atoms with Crippen molar-refractivity contribution < 1.29 is 9.52 Å². The second-order valence-corrected chi connectivity index (χ2v) is 4.37. The van der Waals surface area contributed by atoms with Gasteiger partial charge in [-0.25, -0.2) is 0 Å². The minimum Gasteiger partial charge on any atom is -0.458 e. The minimum atomic E-state index is -0.506. The summed E-state index contributed by atoms with van der Waals surface area (Å²) >= 11 is 0. The molecule has 1 aromatic carbocycles. The Labute approximate surface area is 102 Å². The normalized spacial score (nSPS) is 12.7. The number of benzene rings is 1. The second-order valence-electron chi connectivity index (χ2n) is 4.37. The van der Waals surface area contributed by atoms with Gasteiger partial charge in [0, 0.05) is 5.56 Å². The van der Waals surface area contributed by atoms with E-state index in [-0.39, 0.29) is 0 Å². The van der Waals surface area contributed by atoms with Crippen molar-refractivity contribution in [3.05, 3.63) is 47.2 Å². The van der Waals surface area contributed by atoms with Gasteiger partial charge in [-0.05, 0) is 43.5 Å². The molecule has 2 aromatic rings. The van der Waals surface area contributed by atoms with Crippen LogP contribution in [-0.2, 0) is 0 Å². The molecule has 0 aliphatic rings. The van der Waals surface area contributed by atoms with E-state index in [1.165, 1.54) is 11.1 Å². The van der Waals surface area contributed by atoms with E-state index < -0.39 is 6.10 Å². The Morgan fingerprint density at radius 3 is 2.65 bits per heavy atom. The molecule has 0 aliphatic heterocycles. The fourth-order valence-corrected chi connectivity index (χ4v) is 1.90. The monoisotopic (exact) mass is 230 g/mol. The summed E-state index contributed by atoms with van der Waals surface area (Å²) in [6, 6.07) is 9.93. The Morgan fingerprint density at radius 1 is 1.18 bits per heavy atom. The van der Waals surface area contributed by atoms with Crippen molar-refractivity contribution in [2.24, 2.45) is 0 Å². The van der Waals surface area contributed by atoms with Gasteiger partial charge in [-0.2, -0.15) is 0 Å². The molecule has 1 aromatic heterocycles. The molecular weight excluding hydrogens is 212 g/mol. The highest BCUT2D eigenvalue weighted by Crippen LogP contribution is 2.29. The maximum Gasteiger partial charge on any atom is 0.134 e. The van der Waals surface area contributed by atoms with E-state index >= 15 is 0 Å². The summed E-state index contributed by atoms with van der Waals surface area (Å²) in [6.07, 6.45) is 0.161. The number of aliphatic hydroxyl groups excluding tert-OH is 1. The van der Waals surface area contributed by atoms with Crippen molar-refractivity contribution in [3.8, 4) is 11.3 Å². The molecule has 0 aliphatic carbocycles. The summed E-state index contributed by atoms with van der Waals surface area (Å²) in [5, 5.41) is 9.72. The van der Waals surface area contributed by atoms with Crippen molar-refractivity contribution in [1.29, 1.82) is 0 Å². The fraction of sp³-hybridized carbons (Fsp3) is 0.333. The number of hydrogen-bond acceptors (Lipinski definition) is 2. The van der Waals surface area contributed by atoms with Crippen LogP contribution in [0.2, 0.25) is 0 Å². The average molecular weight is 230 g/mol. The molecule has 0 bridgehead atoms. The predicted octanol–water partition coefficient (Wildman–Crippen LogP) is 4.01. The molecule has 2 heteroatoms. The summed E-state index contributed by atoms with van der Waals surface area (Å²) in [4.78, 5) is 0. The number of furan rings is 1. The number of aliphatic hydroxyl groups is 1. The summed E-state index contributed by atoms with van der Waals surface area (Å²) in [5.74, 6) is 1.47. The van der Waals surface area contributed by atoms with Crippen molar-refractivity contribution in [1.82, 2.24) is 0 Å². The molecule has 1 N–H and O–H groups in total. The van der Waals surface area contributed by atoms with Gasteiger partial charge < -0.3 is 9.52 Å². The van der Waals surface area contributed by atoms with Crippen LogP contribution < -0.4 is 0 Å². The van der Waals surface area contributed by atoms with Crippen LogP contribution in [0.15, 0.2) is 34.7 Å². The van der Waals surface area contributed by atoms with Gasteiger partial charge in [-0.15, -0.1) is 0 Å². The summed E-state index contributed by atoms with van der Waals surface area (Å²) in [5.41, 5.74) is 3.57. The maximum absolute atomic E-state index is 9.72. The highest BCUT2D eigenvalue weighted by Gasteiger charge is 2.12. The van der Waals surface area contributed by atoms with Crippen LogP contribution in [0.4, 0.5) is 0 Å². The lowest BCUT2D eigenvalue weighted by Gasteiger charge is -2.06. The average Bonchev–Trinajstić information content (AvgIpc) is 2.81. The van der Waals surface area contributed by atoms with Crippen LogP contribution in [0.25, 0.3) is 11.3 Å². The lowest BCUT2D eigenvalue weighted by molar-refractivity contribution is 0.147. The Morgan fingerprint density at radius 2 is 1.94 bits per heavy atom. The first-order valence-electron chi connectivity index (χ1n) is 5.98. The lowest BCUT2D eigenvalue weighted by Crippen LogP contribution is -1.91. The second kappa shape index (κ2) is 4.76. The van der Waals surface area contributed by atoms with Gasteiger partial charge in [-0.1, -0.05) is 25.1 Å². The van der Waals surface area contributed by atoms with E-state index in [2.05, 4.69) is 19.9 Å². The standard InChI is InChI=1S/C15H18O2/c1-4-13(16)15-9-8-14(17-15)12-7-5-6-10(2)11(12)3/h5-9,13,16H,4H2,1-3H3. The molecule has 0 radical (unpaired) electrons. The molecule has 90 valence electrons. The van der Waals surface area contributed by atoms with Gasteiger partial charge in [0.25, 0.3) is 0 Å². The molecule has 0 saturated heterocycles. The van der Waals surface area contributed by atoms with Crippen LogP contribution in [0.3, 0.4) is 0 Å². The number of aryl methyl sites for hydroxylation is 1. The van der Waals surface area contributed by atoms with Crippen LogP contribution in [-0.4, -0.2) is 5.11 Å². The zero-order valence-electron chi connectivity index (χ0n) is 10.5. The molecule has 0 spiro atoms. The summed E-state index contributed by atoms with van der Waals surface area (Å²) < 4.78 is 5.71. The fourth-order valence-electron chi connectivity index (χ4n) is 1.90. The molecule has 0 saturated carbocycles. The molecular formula is C15H18O2. The van der Waals surface area contributed by atoms with E-state index in [9.17, 15) is 5.11 Å². The Bertz CT molecular complexity index is 511. The highest BCUT2D eigenvalue weighted by atomic mass is 16.4. The minimum absolute atomic E-state index is 0.506. The quantitative estimate of drug-likeness (QED) is 0.864. The topological polar surface area (TPSA) is 33.4 Å². The van der Waals surface area contributed by atoms with Gasteiger partial charge in [0.2, 0.25) is 0 Å². The summed E-state index contributed by atoms with van der Waals surface area (Å²) in [6.45, 7) is 6.11. The Balaban J connectivity index is 2.40. The molecule has 0 amide bonds. The third-order valence-electron chi connectivity index (χ3n) is 3.21. The van der Waals surface area contributed by atoms with E-state index in [0.29, 0.717) is 12.2 Å². The van der Waals surface area contributed by atoms with Gasteiger partial charge in [-0.3, -0.25) is 0 Å². The summed E-state index contributed by atoms with van der Waals surface area (Å²) in [7, 11) is 0. The van der Waals surface area contributed by atoms with E-state index in [1.54, 1.807) is 0 Å². The molecule has 0 fully saturated rings. The number of rotatable bonds is 3. The van der Waals surface area contributed by atoms with Gasteiger partial charge in [0.15, 0.2) is 0 Å². The zero-order chi connectivity index (χ0) is 12.4. The van der Waals surface area contributed by atoms with Crippen LogP contribution in [0.1, 0.15) is 36.3 Å². The van der Waals surface area contributed by atoms with Crippen LogP contribution in [0.5, 0.6) is 0 Å². The SMILES string of the molecule is CCC(O)c1ccc(-c2cccc(C)c2C)o1. The first-order chi connectivity index (χ1) is 8.13. The maximum atomic E-state index is 9.72. The molecule has 17 heavy (non-hydrogen) atoms. The molecule has 1 unspecified atom stereocenters. The van der Waals surface area contributed by atoms with E-state index in [0.717, 1.165) is 11.3 Å². The molecule has 1 atom stereocenters. The van der Waals surface area contributed by atoms with Crippen molar-refractivity contribution in [2.75, 3.05) is 0 Å². The highest BCUT2D eigenvalue weighted by molar-refractivity contribution is 5.63. The van der Waals surface area contributed by atoms with Crippen LogP contribution >= 0.6 is 0 Å². The first kappa shape index (κ1) is 11.9. The van der Waals surface area contributed by atoms with Crippen molar-refractivity contribution in [2.45, 2.75) is 33.3 Å². The van der Waals surface area contributed by atoms with E-state index in [1.807, 2.05) is 31.2 Å². The van der Waals surface area contributed by atoms with Gasteiger partial charge in [0.05, 0.1) is 0 Å². The van der Waals surface area contributed by atoms with Crippen molar-refractivity contribution >= 4 is 0 Å². The van der Waals surface area contributed by atoms with Crippen molar-refractivity contribution in [3.63, 3.8) is 0 Å². The first-order valence-corrected chi connectivity index (χ1v) is 5.98. The number of hydrogen-bond donors (Lipinski definition) is 1. The Hall–Kier alpha value is -1.54. The molecule has 1 heterocycles. The van der Waals surface area contributed by atoms with Gasteiger partial charge >= 0.3 is 0 Å². The largest absolute Gasteiger partial charge is 0.458 e. The molecule has 2 nitrogen and oxygen atoms in total. The third kappa shape index (κ3) is 2.27. The Kier molecular flexibility index (Phi) is 3.34. The smallest absolute Gasteiger partial charge is 0.134 e. The van der Waals surface area contributed by atoms with E-state index in [4.69, 9.17) is 4.42 Å².